The van der Waals surface area contributed by atoms with Crippen LogP contribution in [-0.2, 0) is 4.74 Å². The van der Waals surface area contributed by atoms with Crippen LogP contribution in [0.25, 0.3) is 0 Å². The highest BCUT2D eigenvalue weighted by molar-refractivity contribution is 5.35. The average molecular weight is 603 g/mol. The van der Waals surface area contributed by atoms with Gasteiger partial charge in [-0.2, -0.15) is 0 Å². The summed E-state index contributed by atoms with van der Waals surface area (Å²) < 4.78 is 6.30. The van der Waals surface area contributed by atoms with E-state index in [2.05, 4.69) is 123 Å². The van der Waals surface area contributed by atoms with Crippen molar-refractivity contribution < 1.29 is 20.1 Å². The van der Waals surface area contributed by atoms with E-state index in [4.69, 9.17) is 4.74 Å². The van der Waals surface area contributed by atoms with Crippen molar-refractivity contribution in [2.75, 3.05) is 0 Å². The Balaban J connectivity index is 1.50. The fourth-order valence-corrected chi connectivity index (χ4v) is 7.58. The largest absolute Gasteiger partial charge is 0.393 e. The van der Waals surface area contributed by atoms with Crippen molar-refractivity contribution in [3.63, 3.8) is 0 Å². The zero-order valence-electron chi connectivity index (χ0n) is 28.9. The zero-order chi connectivity index (χ0) is 33.0. The Bertz CT molecular complexity index is 1300. The predicted octanol–water partition coefficient (Wildman–Crippen LogP) is 8.95. The zero-order valence-corrected chi connectivity index (χ0v) is 28.9. The van der Waals surface area contributed by atoms with Gasteiger partial charge in [0.2, 0.25) is 0 Å². The quantitative estimate of drug-likeness (QED) is 0.172. The Morgan fingerprint density at radius 3 is 1.73 bits per heavy atom. The molecule has 2 saturated carbocycles. The number of rotatable bonds is 10. The molecule has 1 aliphatic heterocycles. The van der Waals surface area contributed by atoms with E-state index in [1.54, 1.807) is 6.92 Å². The molecule has 1 saturated heterocycles. The van der Waals surface area contributed by atoms with Crippen LogP contribution in [-0.4, -0.2) is 44.3 Å². The van der Waals surface area contributed by atoms with Gasteiger partial charge < -0.3 is 20.1 Å². The summed E-state index contributed by atoms with van der Waals surface area (Å²) in [4.78, 5) is 0. The number of aliphatic hydroxyl groups excluding tert-OH is 2. The summed E-state index contributed by atoms with van der Waals surface area (Å²) >= 11 is 0. The monoisotopic (exact) mass is 602 g/mol. The van der Waals surface area contributed by atoms with Crippen LogP contribution in [0.4, 0.5) is 0 Å². The third kappa shape index (κ3) is 8.81. The Kier molecular flexibility index (Phi) is 11.3. The molecule has 5 atom stereocenters. The summed E-state index contributed by atoms with van der Waals surface area (Å²) in [6.07, 6.45) is 29.8. The van der Waals surface area contributed by atoms with Crippen molar-refractivity contribution in [1.82, 2.24) is 0 Å². The number of hydrogen-bond acceptors (Lipinski definition) is 4. The number of hydrogen-bond donors (Lipinski definition) is 3. The van der Waals surface area contributed by atoms with Crippen LogP contribution in [0.2, 0.25) is 0 Å². The van der Waals surface area contributed by atoms with Gasteiger partial charge in [0, 0.05) is 12.8 Å². The van der Waals surface area contributed by atoms with Crippen LogP contribution < -0.4 is 0 Å². The van der Waals surface area contributed by atoms with E-state index in [1.165, 1.54) is 11.1 Å². The smallest absolute Gasteiger partial charge is 0.106 e. The van der Waals surface area contributed by atoms with Crippen LogP contribution in [0.5, 0.6) is 0 Å². The number of fused-ring (bicyclic) bond motifs is 1. The minimum Gasteiger partial charge on any atom is -0.393 e. The van der Waals surface area contributed by atoms with Crippen LogP contribution in [0, 0.1) is 10.8 Å². The molecule has 3 rings (SSSR count). The molecule has 3 N–H and O–H groups in total. The van der Waals surface area contributed by atoms with Crippen molar-refractivity contribution in [2.45, 2.75) is 130 Å². The number of ether oxygens (including phenoxy) is 1. The van der Waals surface area contributed by atoms with Gasteiger partial charge in [0.1, 0.15) is 5.60 Å². The molecule has 0 aromatic carbocycles. The molecule has 4 heteroatoms. The predicted molar refractivity (Wildman–Crippen MR) is 185 cm³/mol. The number of allylic oxidation sites excluding steroid dienone is 16. The Morgan fingerprint density at radius 1 is 0.682 bits per heavy atom. The third-order valence-corrected chi connectivity index (χ3v) is 9.85. The molecular formula is C40H58O4. The minimum atomic E-state index is -0.997. The van der Waals surface area contributed by atoms with Crippen LogP contribution in [0.1, 0.15) is 101 Å². The van der Waals surface area contributed by atoms with Gasteiger partial charge in [0.25, 0.3) is 0 Å². The van der Waals surface area contributed by atoms with E-state index in [-0.39, 0.29) is 28.1 Å². The molecule has 44 heavy (non-hydrogen) atoms. The van der Waals surface area contributed by atoms with E-state index in [9.17, 15) is 15.3 Å². The van der Waals surface area contributed by atoms with Crippen LogP contribution in [0.3, 0.4) is 0 Å². The molecule has 3 fully saturated rings. The molecule has 2 aliphatic carbocycles. The SMILES string of the molecule is CC(=C/C[C@@]12O[C@]1(C)C[C@@H](O)CC2(C)C)/C=C/C=C(C)/C=C/C=C/C(C)=C/C=C/C(C)=C/C=C1\C(C)(C)C[C@@H](O)C[C@@]1(C)O. The van der Waals surface area contributed by atoms with Gasteiger partial charge in [-0.3, -0.25) is 0 Å². The van der Waals surface area contributed by atoms with Crippen LogP contribution >= 0.6 is 0 Å². The maximum atomic E-state index is 10.9. The van der Waals surface area contributed by atoms with Gasteiger partial charge >= 0.3 is 0 Å². The van der Waals surface area contributed by atoms with Gasteiger partial charge in [-0.05, 0) is 77.2 Å². The van der Waals surface area contributed by atoms with Gasteiger partial charge in [0.15, 0.2) is 0 Å². The number of epoxide rings is 1. The molecule has 242 valence electrons. The summed E-state index contributed by atoms with van der Waals surface area (Å²) in [5.41, 5.74) is 3.92. The molecule has 0 spiro atoms. The van der Waals surface area contributed by atoms with E-state index >= 15 is 0 Å². The second-order valence-corrected chi connectivity index (χ2v) is 15.2. The van der Waals surface area contributed by atoms with Gasteiger partial charge in [-0.15, -0.1) is 0 Å². The average Bonchev–Trinajstić information content (AvgIpc) is 3.49. The molecule has 0 aromatic heterocycles. The number of aliphatic hydroxyl groups is 3. The lowest BCUT2D eigenvalue weighted by molar-refractivity contribution is -0.0271. The van der Waals surface area contributed by atoms with Crippen molar-refractivity contribution in [1.29, 1.82) is 0 Å². The topological polar surface area (TPSA) is 73.2 Å². The third-order valence-electron chi connectivity index (χ3n) is 9.85. The van der Waals surface area contributed by atoms with E-state index in [1.807, 2.05) is 18.2 Å². The van der Waals surface area contributed by atoms with E-state index in [0.717, 1.165) is 36.0 Å². The van der Waals surface area contributed by atoms with E-state index < -0.39 is 11.7 Å². The second-order valence-electron chi connectivity index (χ2n) is 15.2. The first-order valence-electron chi connectivity index (χ1n) is 16.2. The van der Waals surface area contributed by atoms with Gasteiger partial charge in [-0.1, -0.05) is 129 Å². The van der Waals surface area contributed by atoms with Crippen molar-refractivity contribution in [3.05, 3.63) is 107 Å². The first kappa shape index (κ1) is 36.0. The maximum Gasteiger partial charge on any atom is 0.106 e. The summed E-state index contributed by atoms with van der Waals surface area (Å²) in [5.74, 6) is 0. The van der Waals surface area contributed by atoms with Crippen LogP contribution in [0.15, 0.2) is 107 Å². The lowest BCUT2D eigenvalue weighted by Crippen LogP contribution is -2.47. The highest BCUT2D eigenvalue weighted by Gasteiger charge is 2.75. The first-order chi connectivity index (χ1) is 20.3. The molecule has 4 nitrogen and oxygen atoms in total. The molecule has 0 aromatic rings. The highest BCUT2D eigenvalue weighted by atomic mass is 16.6. The Hall–Kier alpha value is -2.50. The Labute approximate surface area is 267 Å². The molecule has 0 amide bonds. The fraction of sp³-hybridized carbons (Fsp3) is 0.550. The molecule has 3 aliphatic rings. The summed E-state index contributed by atoms with van der Waals surface area (Å²) in [7, 11) is 0. The summed E-state index contributed by atoms with van der Waals surface area (Å²) in [6, 6.07) is 0. The fourth-order valence-electron chi connectivity index (χ4n) is 7.58. The Morgan fingerprint density at radius 2 is 1.18 bits per heavy atom. The van der Waals surface area contributed by atoms with Crippen molar-refractivity contribution in [3.8, 4) is 0 Å². The molecule has 1 heterocycles. The normalized spacial score (nSPS) is 35.9. The molecule has 0 unspecified atom stereocenters. The summed E-state index contributed by atoms with van der Waals surface area (Å²) in [6.45, 7) is 20.9. The minimum absolute atomic E-state index is 0.0466. The summed E-state index contributed by atoms with van der Waals surface area (Å²) in [5, 5.41) is 31.3. The molecular weight excluding hydrogens is 544 g/mol. The molecule has 0 bridgehead atoms. The van der Waals surface area contributed by atoms with Gasteiger partial charge in [0.05, 0.1) is 23.4 Å². The van der Waals surface area contributed by atoms with E-state index in [0.29, 0.717) is 12.8 Å². The lowest BCUT2D eigenvalue weighted by atomic mass is 9.62. The van der Waals surface area contributed by atoms with Crippen molar-refractivity contribution >= 4 is 0 Å². The maximum absolute atomic E-state index is 10.9. The lowest BCUT2D eigenvalue weighted by Gasteiger charge is -2.45. The van der Waals surface area contributed by atoms with Gasteiger partial charge in [-0.25, -0.2) is 0 Å². The first-order valence-corrected chi connectivity index (χ1v) is 16.2. The van der Waals surface area contributed by atoms with Crippen molar-refractivity contribution in [2.24, 2.45) is 10.8 Å². The highest BCUT2D eigenvalue weighted by Crippen LogP contribution is 2.67. The standard InChI is InChI=1S/C40H58O4/c1-29(17-13-19-31(3)21-22-35-36(5,6)25-33(41)27-38(35,9)43)15-11-12-16-30(2)18-14-20-32(4)23-24-40-37(7,8)26-34(42)28-39(40,10)44-40/h11-23,33-34,41-43H,24-28H2,1-10H3/b15-11+,16-12+,19-13+,20-14+,29-17+,30-18+,31-21+,32-23-,35-22+/t33-,34+,38-,39-,40+/m1/s1. The second kappa shape index (κ2) is 13.9. The molecule has 0 radical (unpaired) electrons.